The van der Waals surface area contributed by atoms with Gasteiger partial charge in [-0.1, -0.05) is 30.7 Å². The molecule has 2 nitrogen and oxygen atoms in total. The van der Waals surface area contributed by atoms with Crippen molar-refractivity contribution in [2.45, 2.75) is 39.2 Å². The molecule has 16 heavy (non-hydrogen) atoms. The molecule has 94 valence electrons. The van der Waals surface area contributed by atoms with Crippen molar-refractivity contribution < 1.29 is 18.6 Å². The number of ether oxygens (including phenoxy) is 1. The van der Waals surface area contributed by atoms with Gasteiger partial charge in [0.15, 0.2) is 0 Å². The second-order valence-electron chi connectivity index (χ2n) is 3.93. The summed E-state index contributed by atoms with van der Waals surface area (Å²) in [6.07, 6.45) is 3.81. The Bertz CT molecular complexity index is 245. The lowest BCUT2D eigenvalue weighted by molar-refractivity contribution is -0.122. The average molecular weight is 234 g/mol. The van der Waals surface area contributed by atoms with Gasteiger partial charge in [0.2, 0.25) is 0 Å². The Balaban J connectivity index is 3.80. The number of allylic oxidation sites excluding steroid dienone is 3. The number of halogens is 2. The second-order valence-corrected chi connectivity index (χ2v) is 3.93. The lowest BCUT2D eigenvalue weighted by atomic mass is 10.1. The van der Waals surface area contributed by atoms with Crippen LogP contribution in [0.3, 0.4) is 0 Å². The zero-order valence-corrected chi connectivity index (χ0v) is 10.0. The molecule has 0 amide bonds. The smallest absolute Gasteiger partial charge is 0.268 e. The Hall–Kier alpha value is -0.740. The lowest BCUT2D eigenvalue weighted by Crippen LogP contribution is -2.38. The fourth-order valence-electron chi connectivity index (χ4n) is 1.02. The molecule has 0 radical (unpaired) electrons. The summed E-state index contributed by atoms with van der Waals surface area (Å²) in [7, 11) is 0. The van der Waals surface area contributed by atoms with Crippen molar-refractivity contribution >= 4 is 0 Å². The van der Waals surface area contributed by atoms with E-state index in [2.05, 4.69) is 0 Å². The van der Waals surface area contributed by atoms with Crippen LogP contribution in [0, 0.1) is 0 Å². The summed E-state index contributed by atoms with van der Waals surface area (Å²) in [5.41, 5.74) is -0.964. The normalized spacial score (nSPS) is 17.1. The van der Waals surface area contributed by atoms with Gasteiger partial charge < -0.3 is 9.84 Å². The van der Waals surface area contributed by atoms with Crippen molar-refractivity contribution in [2.24, 2.45) is 0 Å². The predicted octanol–water partition coefficient (Wildman–Crippen LogP) is 2.93. The van der Waals surface area contributed by atoms with Gasteiger partial charge in [0.1, 0.15) is 5.60 Å². The first-order valence-electron chi connectivity index (χ1n) is 5.31. The first-order valence-corrected chi connectivity index (χ1v) is 5.31. The molecule has 0 aromatic carbocycles. The molecule has 0 saturated carbocycles. The van der Waals surface area contributed by atoms with E-state index in [9.17, 15) is 13.9 Å². The van der Waals surface area contributed by atoms with E-state index in [1.807, 2.05) is 26.0 Å². The molecule has 0 aromatic heterocycles. The molecular formula is C12H20F2O2. The quantitative estimate of drug-likeness (QED) is 0.542. The minimum Gasteiger partial charge on any atom is -0.382 e. The summed E-state index contributed by atoms with van der Waals surface area (Å²) >= 11 is 0. The maximum Gasteiger partial charge on any atom is 0.268 e. The van der Waals surface area contributed by atoms with Gasteiger partial charge >= 0.3 is 0 Å². The fraction of sp³-hybridized carbons (Fsp3) is 0.667. The van der Waals surface area contributed by atoms with Crippen molar-refractivity contribution in [3.05, 3.63) is 23.8 Å². The van der Waals surface area contributed by atoms with Crippen molar-refractivity contribution in [3.63, 3.8) is 0 Å². The van der Waals surface area contributed by atoms with E-state index in [1.54, 1.807) is 6.08 Å². The van der Waals surface area contributed by atoms with Crippen LogP contribution in [0.1, 0.15) is 27.2 Å². The molecule has 0 rings (SSSR count). The Morgan fingerprint density at radius 2 is 2.12 bits per heavy atom. The van der Waals surface area contributed by atoms with Crippen LogP contribution in [0.2, 0.25) is 0 Å². The SMILES string of the molecule is CC/C=C(C)\C=C/COCC(C)(O)C(F)F. The van der Waals surface area contributed by atoms with Crippen LogP contribution in [0.5, 0.6) is 0 Å². The van der Waals surface area contributed by atoms with Gasteiger partial charge in [-0.3, -0.25) is 0 Å². The second kappa shape index (κ2) is 7.52. The van der Waals surface area contributed by atoms with Gasteiger partial charge in [0.25, 0.3) is 6.43 Å². The highest BCUT2D eigenvalue weighted by atomic mass is 19.3. The van der Waals surface area contributed by atoms with Crippen molar-refractivity contribution in [1.82, 2.24) is 0 Å². The van der Waals surface area contributed by atoms with Gasteiger partial charge in [0, 0.05) is 0 Å². The number of rotatable bonds is 7. The molecule has 1 atom stereocenters. The van der Waals surface area contributed by atoms with Crippen molar-refractivity contribution in [2.75, 3.05) is 13.2 Å². The molecule has 0 aromatic rings. The third-order valence-corrected chi connectivity index (χ3v) is 1.99. The standard InChI is InChI=1S/C12H20F2O2/c1-4-6-10(2)7-5-8-16-9-12(3,15)11(13)14/h5-7,11,15H,4,8-9H2,1-3H3/b7-5-,10-6-. The van der Waals surface area contributed by atoms with E-state index in [4.69, 9.17) is 4.74 Å². The number of alkyl halides is 2. The van der Waals surface area contributed by atoms with Crippen LogP contribution in [-0.2, 0) is 4.74 Å². The number of aliphatic hydroxyl groups is 1. The third kappa shape index (κ3) is 6.69. The molecular weight excluding hydrogens is 214 g/mol. The lowest BCUT2D eigenvalue weighted by Gasteiger charge is -2.21. The minimum atomic E-state index is -2.79. The van der Waals surface area contributed by atoms with Crippen LogP contribution in [0.25, 0.3) is 0 Å². The van der Waals surface area contributed by atoms with Gasteiger partial charge in [-0.15, -0.1) is 0 Å². The fourth-order valence-corrected chi connectivity index (χ4v) is 1.02. The topological polar surface area (TPSA) is 29.5 Å². The molecule has 0 aliphatic heterocycles. The minimum absolute atomic E-state index is 0.220. The highest BCUT2D eigenvalue weighted by molar-refractivity contribution is 5.15. The van der Waals surface area contributed by atoms with E-state index >= 15 is 0 Å². The predicted molar refractivity (Wildman–Crippen MR) is 60.6 cm³/mol. The van der Waals surface area contributed by atoms with Crippen molar-refractivity contribution in [1.29, 1.82) is 0 Å². The highest BCUT2D eigenvalue weighted by Gasteiger charge is 2.32. The molecule has 0 aliphatic carbocycles. The summed E-state index contributed by atoms with van der Waals surface area (Å²) < 4.78 is 29.3. The van der Waals surface area contributed by atoms with E-state index in [0.717, 1.165) is 18.9 Å². The largest absolute Gasteiger partial charge is 0.382 e. The van der Waals surface area contributed by atoms with Crippen LogP contribution < -0.4 is 0 Å². The van der Waals surface area contributed by atoms with Gasteiger partial charge in [-0.25, -0.2) is 8.78 Å². The first-order chi connectivity index (χ1) is 7.40. The van der Waals surface area contributed by atoms with Crippen LogP contribution in [0.4, 0.5) is 8.78 Å². The van der Waals surface area contributed by atoms with E-state index in [1.165, 1.54) is 0 Å². The third-order valence-electron chi connectivity index (χ3n) is 1.99. The summed E-state index contributed by atoms with van der Waals surface area (Å²) in [6.45, 7) is 4.90. The molecule has 0 saturated heterocycles. The Labute approximate surface area is 95.6 Å². The summed E-state index contributed by atoms with van der Waals surface area (Å²) in [5.74, 6) is 0. The molecule has 0 heterocycles. The molecule has 0 bridgehead atoms. The molecule has 0 spiro atoms. The van der Waals surface area contributed by atoms with Gasteiger partial charge in [-0.05, 0) is 20.3 Å². The van der Waals surface area contributed by atoms with E-state index in [-0.39, 0.29) is 13.2 Å². The molecule has 1 unspecified atom stereocenters. The van der Waals surface area contributed by atoms with Crippen LogP contribution in [-0.4, -0.2) is 30.3 Å². The molecule has 1 N–H and O–H groups in total. The molecule has 0 aliphatic rings. The summed E-state index contributed by atoms with van der Waals surface area (Å²) in [6, 6.07) is 0. The Morgan fingerprint density at radius 3 is 2.62 bits per heavy atom. The summed E-state index contributed by atoms with van der Waals surface area (Å²) in [5, 5.41) is 9.17. The zero-order chi connectivity index (χ0) is 12.6. The maximum atomic E-state index is 12.2. The van der Waals surface area contributed by atoms with Crippen molar-refractivity contribution in [3.8, 4) is 0 Å². The van der Waals surface area contributed by atoms with E-state index < -0.39 is 12.0 Å². The molecule has 0 fully saturated rings. The first kappa shape index (κ1) is 15.3. The average Bonchev–Trinajstić information content (AvgIpc) is 2.17. The number of hydrogen-bond donors (Lipinski definition) is 1. The van der Waals surface area contributed by atoms with Gasteiger partial charge in [0.05, 0.1) is 13.2 Å². The molecule has 4 heteroatoms. The Kier molecular flexibility index (Phi) is 7.17. The summed E-state index contributed by atoms with van der Waals surface area (Å²) in [4.78, 5) is 0. The number of hydrogen-bond acceptors (Lipinski definition) is 2. The monoisotopic (exact) mass is 234 g/mol. The van der Waals surface area contributed by atoms with Gasteiger partial charge in [-0.2, -0.15) is 0 Å². The highest BCUT2D eigenvalue weighted by Crippen LogP contribution is 2.14. The van der Waals surface area contributed by atoms with E-state index in [0.29, 0.717) is 0 Å². The van der Waals surface area contributed by atoms with Crippen LogP contribution in [0.15, 0.2) is 23.8 Å². The zero-order valence-electron chi connectivity index (χ0n) is 10.0. The maximum absolute atomic E-state index is 12.2. The Morgan fingerprint density at radius 1 is 1.50 bits per heavy atom. The van der Waals surface area contributed by atoms with Crippen LogP contribution >= 0.6 is 0 Å².